The lowest BCUT2D eigenvalue weighted by atomic mass is 9.97. The van der Waals surface area contributed by atoms with Gasteiger partial charge in [0.1, 0.15) is 29.8 Å². The van der Waals surface area contributed by atoms with Gasteiger partial charge in [0.2, 0.25) is 5.91 Å². The van der Waals surface area contributed by atoms with Gasteiger partial charge < -0.3 is 24.7 Å². The van der Waals surface area contributed by atoms with Gasteiger partial charge >= 0.3 is 5.69 Å². The van der Waals surface area contributed by atoms with Gasteiger partial charge in [-0.3, -0.25) is 9.36 Å². The molecule has 2 atom stereocenters. The number of amides is 1. The van der Waals surface area contributed by atoms with Crippen molar-refractivity contribution in [1.82, 2.24) is 14.5 Å². The predicted octanol–water partition coefficient (Wildman–Crippen LogP) is -0.828. The molecule has 33 heavy (non-hydrogen) atoms. The summed E-state index contributed by atoms with van der Waals surface area (Å²) < 4.78 is 22.1. The van der Waals surface area contributed by atoms with E-state index in [4.69, 9.17) is 4.74 Å². The lowest BCUT2D eigenvalue weighted by Crippen LogP contribution is -2.55. The fourth-order valence-electron chi connectivity index (χ4n) is 4.78. The maximum Gasteiger partial charge on any atom is 0.350 e. The highest BCUT2D eigenvalue weighted by molar-refractivity contribution is 5.87. The Labute approximate surface area is 188 Å². The van der Waals surface area contributed by atoms with Crippen molar-refractivity contribution in [2.24, 2.45) is 0 Å². The maximum atomic E-state index is 14.8. The van der Waals surface area contributed by atoms with Gasteiger partial charge in [-0.15, -0.1) is 0 Å². The Morgan fingerprint density at radius 2 is 2.06 bits per heavy atom. The number of benzene rings is 1. The molecule has 1 unspecified atom stereocenters. The Kier molecular flexibility index (Phi) is 5.16. The van der Waals surface area contributed by atoms with Crippen LogP contribution in [0.5, 0.6) is 5.75 Å². The molecule has 3 heterocycles. The molecule has 0 bridgehead atoms. The monoisotopic (exact) mass is 454 g/mol. The minimum absolute atomic E-state index is 0.0289. The number of halogens is 1. The van der Waals surface area contributed by atoms with Crippen LogP contribution in [-0.2, 0) is 9.53 Å². The minimum Gasteiger partial charge on any atom is -0.508 e. The van der Waals surface area contributed by atoms with Crippen molar-refractivity contribution in [2.75, 3.05) is 44.3 Å². The van der Waals surface area contributed by atoms with E-state index in [1.165, 1.54) is 28.8 Å². The zero-order valence-corrected chi connectivity index (χ0v) is 17.8. The minimum atomic E-state index is -0.752. The number of carbonyl (C=O) groups is 1. The summed E-state index contributed by atoms with van der Waals surface area (Å²) in [7, 11) is 0. The molecule has 0 radical (unpaired) electrons. The SMILES string of the molecule is C=CC(=O)N1CCN(c2nc(=O)n3c4c2=CC(c2c(O)cccc2F)C=4OC[C@H]3CO)CC1. The summed E-state index contributed by atoms with van der Waals surface area (Å²) in [5, 5.41) is 21.2. The van der Waals surface area contributed by atoms with Gasteiger partial charge in [0.05, 0.1) is 23.9 Å². The van der Waals surface area contributed by atoms with Crippen LogP contribution in [-0.4, -0.2) is 70.0 Å². The first-order valence-electron chi connectivity index (χ1n) is 10.7. The van der Waals surface area contributed by atoms with Gasteiger partial charge in [0.25, 0.3) is 0 Å². The molecule has 5 rings (SSSR count). The molecule has 1 aromatic heterocycles. The van der Waals surface area contributed by atoms with E-state index in [0.29, 0.717) is 48.3 Å². The molecule has 1 aliphatic carbocycles. The van der Waals surface area contributed by atoms with Crippen molar-refractivity contribution in [3.05, 3.63) is 63.3 Å². The van der Waals surface area contributed by atoms with Crippen LogP contribution in [0.1, 0.15) is 17.5 Å². The van der Waals surface area contributed by atoms with Gasteiger partial charge in [0.15, 0.2) is 0 Å². The zero-order valence-electron chi connectivity index (χ0n) is 17.8. The number of aliphatic hydroxyl groups is 1. The average Bonchev–Trinajstić information content (AvgIpc) is 3.20. The number of phenolic OH excluding ortho intramolecular Hbond substituents is 1. The van der Waals surface area contributed by atoms with Crippen molar-refractivity contribution in [2.45, 2.75) is 12.0 Å². The first-order chi connectivity index (χ1) is 15.9. The molecular weight excluding hydrogens is 431 g/mol. The number of aromatic hydroxyl groups is 1. The standard InChI is InChI=1S/C23H23FN4O5/c1-2-18(31)26-6-8-27(9-7-26)22-15-10-14(19-16(24)4-3-5-17(19)30)21-20(15)28(23(32)25-22)13(11-29)12-33-21/h2-5,10,13-14,29-30H,1,6-9,11-12H2/t13-,14?/m1/s1. The van der Waals surface area contributed by atoms with E-state index < -0.39 is 23.5 Å². The second kappa shape index (κ2) is 8.04. The first kappa shape index (κ1) is 21.2. The van der Waals surface area contributed by atoms with Crippen LogP contribution in [0.25, 0.3) is 11.8 Å². The molecule has 1 fully saturated rings. The number of nitrogens with zero attached hydrogens (tertiary/aromatic N) is 4. The summed E-state index contributed by atoms with van der Waals surface area (Å²) in [4.78, 5) is 32.9. The lowest BCUT2D eigenvalue weighted by Gasteiger charge is -2.35. The third-order valence-corrected chi connectivity index (χ3v) is 6.41. The molecule has 0 saturated carbocycles. The van der Waals surface area contributed by atoms with Crippen molar-refractivity contribution in [3.8, 4) is 5.75 Å². The van der Waals surface area contributed by atoms with E-state index in [2.05, 4.69) is 11.6 Å². The maximum absolute atomic E-state index is 14.8. The van der Waals surface area contributed by atoms with Gasteiger partial charge in [0, 0.05) is 37.0 Å². The number of phenols is 1. The van der Waals surface area contributed by atoms with Crippen LogP contribution in [0.3, 0.4) is 0 Å². The third kappa shape index (κ3) is 3.29. The number of hydrogen-bond acceptors (Lipinski definition) is 7. The van der Waals surface area contributed by atoms with Crippen LogP contribution < -0.4 is 21.2 Å². The molecule has 1 saturated heterocycles. The van der Waals surface area contributed by atoms with Crippen molar-refractivity contribution < 1.29 is 24.1 Å². The molecule has 10 heteroatoms. The second-order valence-electron chi connectivity index (χ2n) is 8.20. The van der Waals surface area contributed by atoms with Crippen molar-refractivity contribution in [1.29, 1.82) is 0 Å². The molecular formula is C23H23FN4O5. The number of aromatic nitrogens is 2. The highest BCUT2D eigenvalue weighted by atomic mass is 19.1. The van der Waals surface area contributed by atoms with E-state index in [1.807, 2.05) is 4.90 Å². The lowest BCUT2D eigenvalue weighted by molar-refractivity contribution is -0.126. The Hall–Kier alpha value is -3.66. The summed E-state index contributed by atoms with van der Waals surface area (Å²) >= 11 is 0. The van der Waals surface area contributed by atoms with E-state index in [0.717, 1.165) is 0 Å². The fourth-order valence-corrected chi connectivity index (χ4v) is 4.78. The molecule has 172 valence electrons. The number of anilines is 1. The topological polar surface area (TPSA) is 108 Å². The van der Waals surface area contributed by atoms with Gasteiger partial charge in [-0.05, 0) is 18.2 Å². The molecule has 9 nitrogen and oxygen atoms in total. The third-order valence-electron chi connectivity index (χ3n) is 6.41. The Morgan fingerprint density at radius 1 is 1.30 bits per heavy atom. The molecule has 2 aromatic rings. The van der Waals surface area contributed by atoms with E-state index >= 15 is 0 Å². The van der Waals surface area contributed by atoms with Crippen LogP contribution in [0.4, 0.5) is 10.2 Å². The van der Waals surface area contributed by atoms with Crippen LogP contribution in [0.15, 0.2) is 35.6 Å². The fraction of sp³-hybridized carbons (Fsp3) is 0.348. The van der Waals surface area contributed by atoms with Gasteiger partial charge in [-0.1, -0.05) is 18.7 Å². The number of carbonyl (C=O) groups excluding carboxylic acids is 1. The summed E-state index contributed by atoms with van der Waals surface area (Å²) in [6.45, 7) is 5.00. The molecule has 2 aliphatic heterocycles. The number of aliphatic hydroxyl groups excluding tert-OH is 1. The normalized spacial score (nSPS) is 21.3. The quantitative estimate of drug-likeness (QED) is 0.581. The summed E-state index contributed by atoms with van der Waals surface area (Å²) in [6.07, 6.45) is 3.01. The first-order valence-corrected chi connectivity index (χ1v) is 10.7. The summed E-state index contributed by atoms with van der Waals surface area (Å²) in [5.41, 5.74) is -0.488. The van der Waals surface area contributed by atoms with E-state index in [9.17, 15) is 24.2 Å². The smallest absolute Gasteiger partial charge is 0.350 e. The Morgan fingerprint density at radius 3 is 2.73 bits per heavy atom. The molecule has 0 spiro atoms. The summed E-state index contributed by atoms with van der Waals surface area (Å²) in [5.74, 6) is -0.965. The van der Waals surface area contributed by atoms with Gasteiger partial charge in [-0.2, -0.15) is 4.98 Å². The average molecular weight is 454 g/mol. The van der Waals surface area contributed by atoms with E-state index in [1.54, 1.807) is 11.0 Å². The molecule has 2 N–H and O–H groups in total. The Bertz CT molecular complexity index is 1310. The predicted molar refractivity (Wildman–Crippen MR) is 117 cm³/mol. The summed E-state index contributed by atoms with van der Waals surface area (Å²) in [6, 6.07) is 3.45. The van der Waals surface area contributed by atoms with Crippen LogP contribution >= 0.6 is 0 Å². The van der Waals surface area contributed by atoms with Crippen molar-refractivity contribution >= 4 is 23.6 Å². The van der Waals surface area contributed by atoms with Crippen LogP contribution in [0.2, 0.25) is 0 Å². The van der Waals surface area contributed by atoms with Crippen LogP contribution in [0, 0.1) is 5.82 Å². The highest BCUT2D eigenvalue weighted by Crippen LogP contribution is 2.38. The second-order valence-corrected chi connectivity index (χ2v) is 8.20. The number of piperazine rings is 1. The Balaban J connectivity index is 1.67. The number of hydrogen-bond donors (Lipinski definition) is 2. The molecule has 1 aromatic carbocycles. The largest absolute Gasteiger partial charge is 0.508 e. The van der Waals surface area contributed by atoms with E-state index in [-0.39, 0.29) is 30.4 Å². The molecule has 1 amide bonds. The van der Waals surface area contributed by atoms with Gasteiger partial charge in [-0.25, -0.2) is 9.18 Å². The number of rotatable bonds is 4. The molecule has 3 aliphatic rings. The highest BCUT2D eigenvalue weighted by Gasteiger charge is 2.36. The van der Waals surface area contributed by atoms with Crippen molar-refractivity contribution in [3.63, 3.8) is 0 Å². The number of ether oxygens (including phenoxy) is 1. The zero-order chi connectivity index (χ0) is 23.3.